The van der Waals surface area contributed by atoms with Crippen LogP contribution in [0.1, 0.15) is 50.2 Å². The van der Waals surface area contributed by atoms with E-state index in [9.17, 15) is 18.0 Å². The van der Waals surface area contributed by atoms with Crippen molar-refractivity contribution in [3.05, 3.63) is 95.1 Å². The molecule has 0 fully saturated rings. The van der Waals surface area contributed by atoms with E-state index in [-0.39, 0.29) is 22.9 Å². The van der Waals surface area contributed by atoms with Gasteiger partial charge in [-0.2, -0.15) is 0 Å². The summed E-state index contributed by atoms with van der Waals surface area (Å²) < 4.78 is 34.6. The first-order valence-electron chi connectivity index (χ1n) is 15.3. The number of hydrogen-bond acceptors (Lipinski definition) is 8. The Kier molecular flexibility index (Phi) is 10.00. The summed E-state index contributed by atoms with van der Waals surface area (Å²) in [5, 5.41) is 12.3. The maximum atomic E-state index is 13.2. The molecule has 0 bridgehead atoms. The lowest BCUT2D eigenvalue weighted by atomic mass is 9.75. The molecule has 5 N–H and O–H groups in total. The van der Waals surface area contributed by atoms with Crippen LogP contribution in [0.25, 0.3) is 22.4 Å². The van der Waals surface area contributed by atoms with E-state index in [4.69, 9.17) is 21.5 Å². The zero-order valence-electron chi connectivity index (χ0n) is 27.6. The molecule has 0 radical (unpaired) electrons. The van der Waals surface area contributed by atoms with E-state index in [2.05, 4.69) is 25.0 Å². The molecular formula is C35H37ClN6O6S. The number of nitrogens with zero attached hydrogens (tertiary/aromatic N) is 2. The molecule has 0 unspecified atom stereocenters. The van der Waals surface area contributed by atoms with Crippen LogP contribution in [0.5, 0.6) is 5.75 Å². The highest BCUT2D eigenvalue weighted by molar-refractivity contribution is 7.92. The lowest BCUT2D eigenvalue weighted by Crippen LogP contribution is -2.39. The molecule has 0 saturated carbocycles. The van der Waals surface area contributed by atoms with Gasteiger partial charge < -0.3 is 15.0 Å². The number of imidazole rings is 1. The van der Waals surface area contributed by atoms with Crippen LogP contribution < -0.4 is 20.3 Å². The lowest BCUT2D eigenvalue weighted by molar-refractivity contribution is -0.140. The summed E-state index contributed by atoms with van der Waals surface area (Å²) in [5.74, 6) is 0.137. The Morgan fingerprint density at radius 3 is 2.35 bits per heavy atom. The van der Waals surface area contributed by atoms with Crippen LogP contribution in [0.2, 0.25) is 5.02 Å². The molecule has 0 spiro atoms. The predicted octanol–water partition coefficient (Wildman–Crippen LogP) is 6.97. The summed E-state index contributed by atoms with van der Waals surface area (Å²) in [5.41, 5.74) is 3.77. The molecular weight excluding hydrogens is 668 g/mol. The fourth-order valence-electron chi connectivity index (χ4n) is 5.59. The number of amides is 2. The van der Waals surface area contributed by atoms with Crippen LogP contribution in [0, 0.1) is 17.8 Å². The van der Waals surface area contributed by atoms with Gasteiger partial charge in [-0.1, -0.05) is 51.4 Å². The molecule has 12 nitrogen and oxygen atoms in total. The van der Waals surface area contributed by atoms with Crippen LogP contribution in [0.15, 0.2) is 83.8 Å². The number of fused-ring (bicyclic) bond motifs is 1. The Balaban J connectivity index is 1.22. The number of hydrogen-bond donors (Lipinski definition) is 5. The maximum absolute atomic E-state index is 13.2. The Morgan fingerprint density at radius 1 is 0.959 bits per heavy atom. The molecule has 0 aliphatic rings. The fraction of sp³-hybridized carbons (Fsp3) is 0.257. The number of aromatic nitrogens is 3. The number of ether oxygens (including phenoxy) is 1. The van der Waals surface area contributed by atoms with Crippen molar-refractivity contribution in [2.75, 3.05) is 16.6 Å². The normalized spacial score (nSPS) is 12.1. The Bertz CT molecular complexity index is 2100. The summed E-state index contributed by atoms with van der Waals surface area (Å²) in [4.78, 5) is 37.3. The van der Waals surface area contributed by atoms with Crippen molar-refractivity contribution in [3.63, 3.8) is 0 Å². The third-order valence-electron chi connectivity index (χ3n) is 7.84. The number of pyridine rings is 1. The SMILES string of the molecule is Cc1nc(NS(=O)(=O)c2ccc(OCC(C)(C)CC(C)(C)C(=O)NO)cc2)ccc1C(=O)Nc1ccc(Cl)c(-c2nc3ccccc3[nH]2)c1. The van der Waals surface area contributed by atoms with Gasteiger partial charge in [0.1, 0.15) is 17.4 Å². The van der Waals surface area contributed by atoms with Gasteiger partial charge in [0.05, 0.1) is 38.8 Å². The molecule has 5 aromatic rings. The van der Waals surface area contributed by atoms with Gasteiger partial charge in [-0.05, 0) is 85.5 Å². The first kappa shape index (κ1) is 35.3. The minimum Gasteiger partial charge on any atom is -0.493 e. The monoisotopic (exact) mass is 704 g/mol. The van der Waals surface area contributed by atoms with Crippen LogP contribution in [-0.4, -0.2) is 47.0 Å². The minimum atomic E-state index is -4.01. The number of carbonyl (C=O) groups excluding carboxylic acids is 2. The van der Waals surface area contributed by atoms with Gasteiger partial charge in [0, 0.05) is 16.7 Å². The van der Waals surface area contributed by atoms with Crippen molar-refractivity contribution in [2.45, 2.75) is 45.9 Å². The van der Waals surface area contributed by atoms with Gasteiger partial charge in [-0.25, -0.2) is 23.9 Å². The topological polar surface area (TPSA) is 175 Å². The number of sulfonamides is 1. The molecule has 0 aliphatic heterocycles. The summed E-state index contributed by atoms with van der Waals surface area (Å²) in [6.45, 7) is 9.19. The van der Waals surface area contributed by atoms with E-state index in [0.29, 0.717) is 40.0 Å². The van der Waals surface area contributed by atoms with E-state index < -0.39 is 32.7 Å². The number of carbonyl (C=O) groups is 2. The molecule has 49 heavy (non-hydrogen) atoms. The largest absolute Gasteiger partial charge is 0.493 e. The number of benzene rings is 3. The van der Waals surface area contributed by atoms with E-state index in [1.807, 2.05) is 38.1 Å². The second-order valence-corrected chi connectivity index (χ2v) is 15.2. The summed E-state index contributed by atoms with van der Waals surface area (Å²) in [7, 11) is -4.01. The molecule has 256 valence electrons. The van der Waals surface area contributed by atoms with Crippen molar-refractivity contribution in [1.82, 2.24) is 20.4 Å². The average molecular weight is 705 g/mol. The van der Waals surface area contributed by atoms with Crippen LogP contribution in [-0.2, 0) is 14.8 Å². The van der Waals surface area contributed by atoms with Crippen molar-refractivity contribution >= 4 is 56.0 Å². The molecule has 5 rings (SSSR count). The van der Waals surface area contributed by atoms with E-state index in [0.717, 1.165) is 11.0 Å². The Hall–Kier alpha value is -4.98. The second kappa shape index (κ2) is 13.9. The molecule has 2 amide bonds. The van der Waals surface area contributed by atoms with Gasteiger partial charge in [-0.15, -0.1) is 0 Å². The zero-order valence-corrected chi connectivity index (χ0v) is 29.2. The third-order valence-corrected chi connectivity index (χ3v) is 9.54. The number of para-hydroxylation sites is 2. The van der Waals surface area contributed by atoms with Crippen molar-refractivity contribution in [3.8, 4) is 17.1 Å². The molecule has 3 aromatic carbocycles. The maximum Gasteiger partial charge on any atom is 0.263 e. The smallest absolute Gasteiger partial charge is 0.263 e. The van der Waals surface area contributed by atoms with Gasteiger partial charge in [0.25, 0.3) is 15.9 Å². The van der Waals surface area contributed by atoms with Crippen molar-refractivity contribution in [1.29, 1.82) is 0 Å². The number of nitrogens with one attached hydrogen (secondary N) is 4. The van der Waals surface area contributed by atoms with Crippen molar-refractivity contribution in [2.24, 2.45) is 10.8 Å². The summed E-state index contributed by atoms with van der Waals surface area (Å²) >= 11 is 6.46. The van der Waals surface area contributed by atoms with E-state index in [1.165, 1.54) is 24.3 Å². The van der Waals surface area contributed by atoms with Gasteiger partial charge in [-0.3, -0.25) is 19.5 Å². The quantitative estimate of drug-likeness (QED) is 0.0684. The minimum absolute atomic E-state index is 0.0101. The van der Waals surface area contributed by atoms with Gasteiger partial charge in [0.2, 0.25) is 5.91 Å². The molecule has 2 aromatic heterocycles. The lowest BCUT2D eigenvalue weighted by Gasteiger charge is -2.33. The van der Waals surface area contributed by atoms with Crippen LogP contribution in [0.3, 0.4) is 0 Å². The first-order chi connectivity index (χ1) is 23.1. The molecule has 0 aliphatic carbocycles. The van der Waals surface area contributed by atoms with Gasteiger partial charge in [0.15, 0.2) is 0 Å². The number of anilines is 2. The second-order valence-electron chi connectivity index (χ2n) is 13.1. The van der Waals surface area contributed by atoms with Crippen molar-refractivity contribution < 1.29 is 28.0 Å². The number of rotatable bonds is 12. The number of H-pyrrole nitrogens is 1. The fourth-order valence-corrected chi connectivity index (χ4v) is 6.80. The van der Waals surface area contributed by atoms with E-state index >= 15 is 0 Å². The number of aromatic amines is 1. The summed E-state index contributed by atoms with van der Waals surface area (Å²) in [6, 6.07) is 21.5. The number of aryl methyl sites for hydroxylation is 1. The van der Waals surface area contributed by atoms with Crippen LogP contribution >= 0.6 is 11.6 Å². The Labute approximate surface area is 289 Å². The highest BCUT2D eigenvalue weighted by atomic mass is 35.5. The van der Waals surface area contributed by atoms with Gasteiger partial charge >= 0.3 is 0 Å². The Morgan fingerprint density at radius 2 is 1.67 bits per heavy atom. The predicted molar refractivity (Wildman–Crippen MR) is 188 cm³/mol. The number of hydroxylamine groups is 1. The average Bonchev–Trinajstić information content (AvgIpc) is 3.48. The number of halogens is 1. The molecule has 2 heterocycles. The third kappa shape index (κ3) is 8.37. The molecule has 14 heteroatoms. The first-order valence-corrected chi connectivity index (χ1v) is 17.2. The zero-order chi connectivity index (χ0) is 35.6. The van der Waals surface area contributed by atoms with E-state index in [1.54, 1.807) is 56.6 Å². The molecule has 0 saturated heterocycles. The summed E-state index contributed by atoms with van der Waals surface area (Å²) in [6.07, 6.45) is 0.432. The molecule has 0 atom stereocenters. The standard InChI is InChI=1S/C35H37ClN6O6S/c1-21-25(32(43)38-22-10-16-27(36)26(18-22)31-39-28-8-6-7-9-29(28)40-31)15-17-30(37-21)42-49(46,47)24-13-11-23(12-14-24)48-20-34(2,3)19-35(4,5)33(44)41-45/h6-18,45H,19-20H2,1-5H3,(H,37,42)(H,38,43)(H,39,40)(H,41,44). The van der Waals surface area contributed by atoms with Crippen LogP contribution in [0.4, 0.5) is 11.5 Å². The highest BCUT2D eigenvalue weighted by Gasteiger charge is 2.35. The highest BCUT2D eigenvalue weighted by Crippen LogP contribution is 2.35.